The molecule has 0 saturated carbocycles. The molecule has 0 bridgehead atoms. The summed E-state index contributed by atoms with van der Waals surface area (Å²) in [4.78, 5) is 5.62. The second-order valence-corrected chi connectivity index (χ2v) is 3.11. The van der Waals surface area contributed by atoms with Gasteiger partial charge in [0.2, 0.25) is 0 Å². The van der Waals surface area contributed by atoms with Crippen molar-refractivity contribution in [2.24, 2.45) is 0 Å². The zero-order chi connectivity index (χ0) is 13.2. The average molecular weight is 271 g/mol. The van der Waals surface area contributed by atoms with Gasteiger partial charge in [-0.15, -0.1) is 0 Å². The summed E-state index contributed by atoms with van der Waals surface area (Å²) in [6.45, 7) is 2.15. The van der Waals surface area contributed by atoms with Crippen molar-refractivity contribution in [2.75, 3.05) is 6.61 Å². The van der Waals surface area contributed by atoms with Gasteiger partial charge in [0.15, 0.2) is 0 Å². The Hall–Kier alpha value is -0.920. The zero-order valence-corrected chi connectivity index (χ0v) is 8.21. The minimum absolute atomic E-state index is 0.806. The molecule has 0 aliphatic heterocycles. The highest BCUT2D eigenvalue weighted by atomic mass is 35.5. The number of rotatable bonds is 3. The van der Waals surface area contributed by atoms with Crippen LogP contribution in [0.4, 0.5) is 26.3 Å². The molecule has 0 spiro atoms. The molecular weight excluding hydrogens is 266 g/mol. The highest BCUT2D eigenvalue weighted by Gasteiger charge is 2.76. The van der Waals surface area contributed by atoms with Crippen molar-refractivity contribution < 1.29 is 35.9 Å². The van der Waals surface area contributed by atoms with E-state index < -0.39 is 29.8 Å². The first kappa shape index (κ1) is 15.1. The van der Waals surface area contributed by atoms with Crippen LogP contribution in [0.15, 0.2) is 12.7 Å². The third-order valence-corrected chi connectivity index (χ3v) is 1.98. The van der Waals surface area contributed by atoms with Gasteiger partial charge in [-0.2, -0.15) is 26.3 Å². The molecule has 2 nitrogen and oxygen atoms in total. The van der Waals surface area contributed by atoms with Crippen LogP contribution in [0.5, 0.6) is 0 Å². The van der Waals surface area contributed by atoms with Crippen LogP contribution in [0.3, 0.4) is 0 Å². The molecule has 0 N–H and O–H groups in total. The smallest absolute Gasteiger partial charge is 0.427 e. The molecule has 0 aromatic carbocycles. The summed E-state index contributed by atoms with van der Waals surface area (Å²) in [5.74, 6) is -2.63. The summed E-state index contributed by atoms with van der Waals surface area (Å²) < 4.78 is 76.3. The molecule has 0 saturated heterocycles. The molecular formula is C7H5ClF6O2. The number of carbonyl (C=O) groups is 1. The molecule has 0 aliphatic carbocycles. The third kappa shape index (κ3) is 2.60. The Labute approximate surface area is 90.8 Å². The van der Waals surface area contributed by atoms with E-state index in [1.807, 2.05) is 0 Å². The number of carbonyl (C=O) groups excluding carboxylic acids is 1. The quantitative estimate of drug-likeness (QED) is 0.341. The summed E-state index contributed by atoms with van der Waals surface area (Å²) in [6.07, 6.45) is -11.2. The van der Waals surface area contributed by atoms with Gasteiger partial charge in [-0.3, -0.25) is 0 Å². The minimum atomic E-state index is -6.01. The van der Waals surface area contributed by atoms with E-state index in [9.17, 15) is 31.1 Å². The lowest BCUT2D eigenvalue weighted by atomic mass is 10.1. The molecule has 0 fully saturated rings. The van der Waals surface area contributed by atoms with Gasteiger partial charge in [0.05, 0.1) is 0 Å². The van der Waals surface area contributed by atoms with Crippen molar-refractivity contribution in [1.82, 2.24) is 0 Å². The second-order valence-electron chi connectivity index (χ2n) is 2.54. The van der Waals surface area contributed by atoms with Crippen LogP contribution in [0.25, 0.3) is 0 Å². The first-order valence-corrected chi connectivity index (χ1v) is 3.96. The Balaban J connectivity index is 5.27. The Morgan fingerprint density at radius 3 is 1.81 bits per heavy atom. The number of esters is 1. The summed E-state index contributed by atoms with van der Waals surface area (Å²) in [5.41, 5.74) is 0. The summed E-state index contributed by atoms with van der Waals surface area (Å²) in [6, 6.07) is 0. The number of alkyl halides is 7. The van der Waals surface area contributed by atoms with Gasteiger partial charge in [-0.25, -0.2) is 4.79 Å². The van der Waals surface area contributed by atoms with Crippen molar-refractivity contribution in [3.63, 3.8) is 0 Å². The summed E-state index contributed by atoms with van der Waals surface area (Å²) in [7, 11) is 0. The highest BCUT2D eigenvalue weighted by Crippen LogP contribution is 2.48. The van der Waals surface area contributed by atoms with E-state index >= 15 is 0 Å². The van der Waals surface area contributed by atoms with Gasteiger partial charge < -0.3 is 4.74 Å². The number of hydrogen-bond donors (Lipinski definition) is 0. The summed E-state index contributed by atoms with van der Waals surface area (Å²) in [5, 5.41) is 0. The maximum atomic E-state index is 12.1. The van der Waals surface area contributed by atoms with Crippen molar-refractivity contribution >= 4 is 17.6 Å². The van der Waals surface area contributed by atoms with Crippen molar-refractivity contribution in [3.05, 3.63) is 12.7 Å². The van der Waals surface area contributed by atoms with Crippen molar-refractivity contribution in [1.29, 1.82) is 0 Å². The van der Waals surface area contributed by atoms with E-state index in [0.717, 1.165) is 6.08 Å². The lowest BCUT2D eigenvalue weighted by molar-refractivity contribution is -0.267. The molecule has 0 atom stereocenters. The normalized spacial score (nSPS) is 13.4. The van der Waals surface area contributed by atoms with Crippen LogP contribution in [0.1, 0.15) is 0 Å². The van der Waals surface area contributed by atoms with Crippen LogP contribution in [-0.2, 0) is 9.53 Å². The third-order valence-electron chi connectivity index (χ3n) is 1.39. The topological polar surface area (TPSA) is 26.3 Å². The Bertz CT molecular complexity index is 268. The maximum absolute atomic E-state index is 12.1. The zero-order valence-electron chi connectivity index (χ0n) is 7.45. The number of ether oxygens (including phenoxy) is 1. The van der Waals surface area contributed by atoms with Crippen LogP contribution >= 0.6 is 11.6 Å². The minimum Gasteiger partial charge on any atom is -0.460 e. The van der Waals surface area contributed by atoms with Crippen molar-refractivity contribution in [2.45, 2.75) is 17.2 Å². The van der Waals surface area contributed by atoms with Gasteiger partial charge >= 0.3 is 23.2 Å². The van der Waals surface area contributed by atoms with Crippen LogP contribution in [0.2, 0.25) is 0 Å². The Morgan fingerprint density at radius 1 is 1.19 bits per heavy atom. The summed E-state index contributed by atoms with van der Waals surface area (Å²) >= 11 is 4.32. The highest BCUT2D eigenvalue weighted by molar-refractivity contribution is 6.35. The van der Waals surface area contributed by atoms with Crippen LogP contribution < -0.4 is 0 Å². The van der Waals surface area contributed by atoms with E-state index in [-0.39, 0.29) is 0 Å². The Kier molecular flexibility index (Phi) is 4.26. The molecule has 0 aromatic rings. The van der Waals surface area contributed by atoms with E-state index in [1.165, 1.54) is 0 Å². The van der Waals surface area contributed by atoms with Gasteiger partial charge in [0.1, 0.15) is 6.61 Å². The fraction of sp³-hybridized carbons (Fsp3) is 0.571. The molecule has 0 amide bonds. The first-order valence-electron chi connectivity index (χ1n) is 3.59. The number of halogens is 7. The van der Waals surface area contributed by atoms with E-state index in [1.54, 1.807) is 0 Å². The van der Waals surface area contributed by atoms with Crippen LogP contribution in [0, 0.1) is 0 Å². The standard InChI is InChI=1S/C7H5ClF6O2/c1-2-3-16-4(15)5(8,6(9,10)11)7(12,13)14/h2H,1,3H2. The van der Waals surface area contributed by atoms with Crippen molar-refractivity contribution in [3.8, 4) is 0 Å². The molecule has 0 aliphatic rings. The molecule has 0 aromatic heterocycles. The van der Waals surface area contributed by atoms with E-state index in [4.69, 9.17) is 0 Å². The number of hydrogen-bond acceptors (Lipinski definition) is 2. The van der Waals surface area contributed by atoms with Crippen LogP contribution in [-0.4, -0.2) is 29.8 Å². The monoisotopic (exact) mass is 270 g/mol. The van der Waals surface area contributed by atoms with Gasteiger partial charge in [0.25, 0.3) is 0 Å². The SMILES string of the molecule is C=CCOC(=O)C(Cl)(C(F)(F)F)C(F)(F)F. The molecule has 16 heavy (non-hydrogen) atoms. The first-order chi connectivity index (χ1) is 6.98. The molecule has 9 heteroatoms. The lowest BCUT2D eigenvalue weighted by Crippen LogP contribution is -2.58. The van der Waals surface area contributed by atoms with E-state index in [0.29, 0.717) is 0 Å². The molecule has 0 unspecified atom stereocenters. The van der Waals surface area contributed by atoms with Gasteiger partial charge in [-0.05, 0) is 0 Å². The predicted octanol–water partition coefficient (Wildman–Crippen LogP) is 2.82. The molecule has 0 rings (SSSR count). The lowest BCUT2D eigenvalue weighted by Gasteiger charge is -2.28. The maximum Gasteiger partial charge on any atom is 0.427 e. The van der Waals surface area contributed by atoms with E-state index in [2.05, 4.69) is 22.9 Å². The largest absolute Gasteiger partial charge is 0.460 e. The molecule has 0 heterocycles. The molecule has 94 valence electrons. The second kappa shape index (κ2) is 4.52. The fourth-order valence-corrected chi connectivity index (χ4v) is 0.681. The predicted molar refractivity (Wildman–Crippen MR) is 41.9 cm³/mol. The molecule has 0 radical (unpaired) electrons. The average Bonchev–Trinajstić information content (AvgIpc) is 2.08. The fourth-order valence-electron chi connectivity index (χ4n) is 0.626. The van der Waals surface area contributed by atoms with Gasteiger partial charge in [-0.1, -0.05) is 24.3 Å². The van der Waals surface area contributed by atoms with Gasteiger partial charge in [0, 0.05) is 0 Å². The Morgan fingerprint density at radius 2 is 1.56 bits per heavy atom.